The summed E-state index contributed by atoms with van der Waals surface area (Å²) in [4.78, 5) is 4.84. The Morgan fingerprint density at radius 2 is 1.31 bits per heavy atom. The predicted octanol–water partition coefficient (Wildman–Crippen LogP) is 10.7. The van der Waals surface area contributed by atoms with E-state index in [2.05, 4.69) is 180 Å². The summed E-state index contributed by atoms with van der Waals surface area (Å²) in [6.07, 6.45) is 7.72. The monoisotopic (exact) mass is 646 g/mol. The summed E-state index contributed by atoms with van der Waals surface area (Å²) in [5.74, 6) is 2.43. The molecule has 0 amide bonds. The molecule has 0 fully saturated rings. The lowest BCUT2D eigenvalue weighted by Crippen LogP contribution is -2.28. The van der Waals surface area contributed by atoms with Gasteiger partial charge < -0.3 is 4.74 Å². The van der Waals surface area contributed by atoms with Gasteiger partial charge in [0.15, 0.2) is 0 Å². The second-order valence-corrected chi connectivity index (χ2v) is 16.2. The summed E-state index contributed by atoms with van der Waals surface area (Å²) in [5.41, 5.74) is 7.96. The molecule has 0 atom stereocenters. The molecule has 0 bridgehead atoms. The van der Waals surface area contributed by atoms with Crippen LogP contribution < -0.4 is 9.30 Å². The Kier molecular flexibility index (Phi) is 7.78. The van der Waals surface area contributed by atoms with Gasteiger partial charge in [-0.05, 0) is 88.0 Å². The molecule has 0 radical (unpaired) electrons. The highest BCUT2D eigenvalue weighted by atomic mass is 16.5. The topological polar surface area (TPSA) is 35.9 Å². The first-order chi connectivity index (χ1) is 23.2. The third kappa shape index (κ3) is 6.26. The summed E-state index contributed by atoms with van der Waals surface area (Å²) in [6, 6.07) is 36.2. The molecule has 0 aliphatic heterocycles. The second kappa shape index (κ2) is 11.8. The smallest absolute Gasteiger partial charge is 0.269 e. The van der Waals surface area contributed by atoms with E-state index in [-0.39, 0.29) is 16.2 Å². The Morgan fingerprint density at radius 1 is 0.612 bits per heavy atom. The zero-order chi connectivity index (χ0) is 34.7. The summed E-state index contributed by atoms with van der Waals surface area (Å²) < 4.78 is 13.1. The number of rotatable bonds is 5. The fraction of sp³-hybridized carbons (Fsp3) is 0.273. The Morgan fingerprint density at radius 3 is 2.02 bits per heavy atom. The minimum absolute atomic E-state index is 0.00982. The molecule has 0 unspecified atom stereocenters. The second-order valence-electron chi connectivity index (χ2n) is 16.2. The van der Waals surface area contributed by atoms with Gasteiger partial charge in [-0.25, -0.2) is 4.98 Å². The van der Waals surface area contributed by atoms with Crippen molar-refractivity contribution < 1.29 is 9.30 Å². The van der Waals surface area contributed by atoms with Gasteiger partial charge in [0.1, 0.15) is 17.3 Å². The van der Waals surface area contributed by atoms with E-state index in [9.17, 15) is 0 Å². The highest BCUT2D eigenvalue weighted by Gasteiger charge is 2.23. The van der Waals surface area contributed by atoms with E-state index in [0.717, 1.165) is 50.8 Å². The van der Waals surface area contributed by atoms with Crippen molar-refractivity contribution in [1.82, 2.24) is 14.1 Å². The van der Waals surface area contributed by atoms with Gasteiger partial charge in [0.2, 0.25) is 0 Å². The fourth-order valence-electron chi connectivity index (χ4n) is 6.44. The van der Waals surface area contributed by atoms with Crippen molar-refractivity contribution in [2.75, 3.05) is 0 Å². The predicted molar refractivity (Wildman–Crippen MR) is 201 cm³/mol. The van der Waals surface area contributed by atoms with E-state index < -0.39 is 0 Å². The van der Waals surface area contributed by atoms with Gasteiger partial charge in [-0.3, -0.25) is 13.7 Å². The standard InChI is InChI=1S/C44H46N4O/c1-42(2,3)30-17-19-32(20-18-30)46-28-40(44(7,8)9)47(29-46)33-13-12-14-34(26-33)49-35-21-22-37-36-15-10-11-16-38(36)48(39(37)27-35)41-25-31(23-24-45-41)43(4,5)6/h10-28H,1-9H3. The molecule has 0 saturated heterocycles. The van der Waals surface area contributed by atoms with Crippen LogP contribution in [0.3, 0.4) is 0 Å². The largest absolute Gasteiger partial charge is 0.458 e. The average Bonchev–Trinajstić information content (AvgIpc) is 3.65. The van der Waals surface area contributed by atoms with Crippen LogP contribution in [0.15, 0.2) is 116 Å². The molecular weight excluding hydrogens is 601 g/mol. The van der Waals surface area contributed by atoms with Gasteiger partial charge >= 0.3 is 0 Å². The minimum atomic E-state index is -0.110. The van der Waals surface area contributed by atoms with Crippen LogP contribution in [0.4, 0.5) is 0 Å². The van der Waals surface area contributed by atoms with Gasteiger partial charge in [-0.15, -0.1) is 0 Å². The molecule has 3 aromatic heterocycles. The SMILES string of the molecule is CC(C)(C)c1ccc(-[n+]2[c-]n(-c3cccc(Oc4ccc5c6ccccc6n(-c6cc(C(C)(C)C)ccn6)c5c4)c3)c(C(C)(C)C)c2)cc1. The number of aromatic nitrogens is 4. The highest BCUT2D eigenvalue weighted by molar-refractivity contribution is 6.09. The lowest BCUT2D eigenvalue weighted by atomic mass is 9.87. The molecule has 7 aromatic rings. The van der Waals surface area contributed by atoms with E-state index in [1.165, 1.54) is 16.5 Å². The molecule has 0 saturated carbocycles. The van der Waals surface area contributed by atoms with Crippen LogP contribution in [0.1, 0.15) is 79.1 Å². The van der Waals surface area contributed by atoms with Crippen molar-refractivity contribution >= 4 is 21.8 Å². The molecule has 7 rings (SSSR count). The summed E-state index contributed by atoms with van der Waals surface area (Å²) in [7, 11) is 0. The van der Waals surface area contributed by atoms with Crippen LogP contribution in [0, 0.1) is 6.33 Å². The fourth-order valence-corrected chi connectivity index (χ4v) is 6.44. The van der Waals surface area contributed by atoms with Crippen molar-refractivity contribution in [3.05, 3.63) is 139 Å². The zero-order valence-corrected chi connectivity index (χ0v) is 30.2. The molecule has 0 N–H and O–H groups in total. The van der Waals surface area contributed by atoms with Crippen LogP contribution >= 0.6 is 0 Å². The summed E-state index contributed by atoms with van der Waals surface area (Å²) in [5, 5.41) is 2.35. The van der Waals surface area contributed by atoms with Gasteiger partial charge in [0.25, 0.3) is 6.33 Å². The van der Waals surface area contributed by atoms with Crippen LogP contribution in [0.25, 0.3) is 39.0 Å². The number of hydrogen-bond acceptors (Lipinski definition) is 2. The normalized spacial score (nSPS) is 12.6. The first-order valence-corrected chi connectivity index (χ1v) is 17.1. The van der Waals surface area contributed by atoms with Crippen LogP contribution in [-0.4, -0.2) is 14.1 Å². The van der Waals surface area contributed by atoms with E-state index in [4.69, 9.17) is 9.72 Å². The zero-order valence-electron chi connectivity index (χ0n) is 30.2. The minimum Gasteiger partial charge on any atom is -0.458 e. The van der Waals surface area contributed by atoms with Gasteiger partial charge in [-0.2, -0.15) is 0 Å². The quantitative estimate of drug-likeness (QED) is 0.138. The number of fused-ring (bicyclic) bond motifs is 3. The van der Waals surface area contributed by atoms with E-state index in [1.807, 2.05) is 18.3 Å². The number of pyridine rings is 1. The molecule has 0 aliphatic carbocycles. The first-order valence-electron chi connectivity index (χ1n) is 17.1. The molecule has 3 heterocycles. The lowest BCUT2D eigenvalue weighted by molar-refractivity contribution is -0.599. The molecule has 5 nitrogen and oxygen atoms in total. The third-order valence-corrected chi connectivity index (χ3v) is 9.28. The Labute approximate surface area is 290 Å². The van der Waals surface area contributed by atoms with E-state index in [0.29, 0.717) is 0 Å². The number of nitrogens with zero attached hydrogens (tertiary/aromatic N) is 4. The van der Waals surface area contributed by atoms with Crippen LogP contribution in [-0.2, 0) is 16.2 Å². The van der Waals surface area contributed by atoms with Crippen molar-refractivity contribution in [2.45, 2.75) is 78.6 Å². The van der Waals surface area contributed by atoms with Gasteiger partial charge in [0, 0.05) is 29.2 Å². The molecule has 4 aromatic carbocycles. The lowest BCUT2D eigenvalue weighted by Gasteiger charge is -2.21. The Balaban J connectivity index is 1.27. The maximum absolute atomic E-state index is 6.61. The van der Waals surface area contributed by atoms with Crippen molar-refractivity contribution in [3.8, 4) is 28.7 Å². The maximum atomic E-state index is 6.61. The van der Waals surface area contributed by atoms with Crippen LogP contribution in [0.5, 0.6) is 11.5 Å². The average molecular weight is 647 g/mol. The van der Waals surface area contributed by atoms with E-state index in [1.54, 1.807) is 0 Å². The number of hydrogen-bond donors (Lipinski definition) is 0. The number of benzene rings is 4. The van der Waals surface area contributed by atoms with Crippen molar-refractivity contribution in [3.63, 3.8) is 0 Å². The summed E-state index contributed by atoms with van der Waals surface area (Å²) in [6.45, 7) is 20.1. The molecule has 248 valence electrons. The number of ether oxygens (including phenoxy) is 1. The first kappa shape index (κ1) is 32.4. The molecule has 49 heavy (non-hydrogen) atoms. The van der Waals surface area contributed by atoms with Gasteiger partial charge in [-0.1, -0.05) is 98.7 Å². The Bertz CT molecular complexity index is 2300. The van der Waals surface area contributed by atoms with Gasteiger partial charge in [0.05, 0.1) is 28.1 Å². The Hall–Kier alpha value is -5.16. The summed E-state index contributed by atoms with van der Waals surface area (Å²) >= 11 is 0. The maximum Gasteiger partial charge on any atom is 0.269 e. The molecule has 0 spiro atoms. The molecule has 5 heteroatoms. The highest BCUT2D eigenvalue weighted by Crippen LogP contribution is 2.36. The molecular formula is C44H46N4O. The third-order valence-electron chi connectivity index (χ3n) is 9.28. The number of para-hydroxylation sites is 1. The van der Waals surface area contributed by atoms with Crippen molar-refractivity contribution in [2.24, 2.45) is 0 Å². The molecule has 0 aliphatic rings. The van der Waals surface area contributed by atoms with Crippen molar-refractivity contribution in [1.29, 1.82) is 0 Å². The van der Waals surface area contributed by atoms with Crippen LogP contribution in [0.2, 0.25) is 0 Å². The number of imidazole rings is 1. The van der Waals surface area contributed by atoms with E-state index >= 15 is 0 Å².